The van der Waals surface area contributed by atoms with E-state index >= 15 is 0 Å². The van der Waals surface area contributed by atoms with Crippen molar-refractivity contribution in [1.82, 2.24) is 0 Å². The summed E-state index contributed by atoms with van der Waals surface area (Å²) in [6.07, 6.45) is 7.65. The van der Waals surface area contributed by atoms with Gasteiger partial charge in [-0.3, -0.25) is 0 Å². The van der Waals surface area contributed by atoms with Crippen LogP contribution >= 0.6 is 0 Å². The first-order chi connectivity index (χ1) is 10.2. The number of hydrogen-bond donors (Lipinski definition) is 2. The molecule has 4 nitrogen and oxygen atoms in total. The number of benzene rings is 1. The average molecular weight is 288 g/mol. The van der Waals surface area contributed by atoms with Gasteiger partial charge in [-0.15, -0.1) is 0 Å². The van der Waals surface area contributed by atoms with E-state index in [0.717, 1.165) is 29.9 Å². The van der Waals surface area contributed by atoms with Crippen molar-refractivity contribution in [2.75, 3.05) is 25.1 Å². The average Bonchev–Trinajstić information content (AvgIpc) is 2.54. The molecule has 0 aromatic heterocycles. The largest absolute Gasteiger partial charge is 0.491 e. The van der Waals surface area contributed by atoms with E-state index in [9.17, 15) is 5.11 Å². The molecule has 2 rings (SSSR count). The number of rotatable bonds is 7. The summed E-state index contributed by atoms with van der Waals surface area (Å²) in [4.78, 5) is 2.01. The van der Waals surface area contributed by atoms with Gasteiger partial charge in [-0.1, -0.05) is 18.2 Å². The lowest BCUT2D eigenvalue weighted by molar-refractivity contribution is 0.0800. The Labute approximate surface area is 126 Å². The van der Waals surface area contributed by atoms with Crippen LogP contribution in [0.3, 0.4) is 0 Å². The van der Waals surface area contributed by atoms with Crippen LogP contribution in [0.25, 0.3) is 0 Å². The molecule has 3 N–H and O–H groups in total. The molecule has 0 radical (unpaired) electrons. The summed E-state index contributed by atoms with van der Waals surface area (Å²) in [5, 5.41) is 10.1. The highest BCUT2D eigenvalue weighted by Crippen LogP contribution is 2.15. The minimum absolute atomic E-state index is 0.303. The molecule has 1 aromatic carbocycles. The molecule has 1 aromatic rings. The Morgan fingerprint density at radius 2 is 2.24 bits per heavy atom. The third kappa shape index (κ3) is 4.92. The number of likely N-dealkylation sites (N-methyl/N-ethyl adjacent to an activating group) is 1. The molecule has 1 unspecified atom stereocenters. The zero-order valence-electron chi connectivity index (χ0n) is 12.5. The Morgan fingerprint density at radius 3 is 2.95 bits per heavy atom. The maximum Gasteiger partial charge on any atom is 0.116 e. The van der Waals surface area contributed by atoms with Crippen LogP contribution in [0.15, 0.2) is 48.3 Å². The highest BCUT2D eigenvalue weighted by atomic mass is 16.5. The van der Waals surface area contributed by atoms with Gasteiger partial charge in [-0.05, 0) is 42.7 Å². The second-order valence-electron chi connectivity index (χ2n) is 5.31. The van der Waals surface area contributed by atoms with Crippen LogP contribution in [-0.4, -0.2) is 31.4 Å². The van der Waals surface area contributed by atoms with Gasteiger partial charge in [0.1, 0.15) is 18.5 Å². The first-order valence-corrected chi connectivity index (χ1v) is 7.36. The van der Waals surface area contributed by atoms with Crippen molar-refractivity contribution < 1.29 is 9.84 Å². The Kier molecular flexibility index (Phi) is 5.84. The monoisotopic (exact) mass is 288 g/mol. The maximum atomic E-state index is 10.1. The standard InChI is InChI=1S/C17H24N2O2/c1-19(15-7-5-6-14(10-15)11-18)12-16(20)13-21-17-8-3-2-4-9-17/h3,5-10,16,20H,2,4,11-13,18H2,1H3. The second kappa shape index (κ2) is 7.86. The highest BCUT2D eigenvalue weighted by molar-refractivity contribution is 5.48. The minimum atomic E-state index is -0.534. The van der Waals surface area contributed by atoms with Crippen LogP contribution in [0.5, 0.6) is 0 Å². The van der Waals surface area contributed by atoms with E-state index in [2.05, 4.69) is 12.2 Å². The summed E-state index contributed by atoms with van der Waals surface area (Å²) in [5.41, 5.74) is 7.79. The van der Waals surface area contributed by atoms with Crippen molar-refractivity contribution in [2.24, 2.45) is 5.73 Å². The fourth-order valence-corrected chi connectivity index (χ4v) is 2.28. The molecule has 0 spiro atoms. The summed E-state index contributed by atoms with van der Waals surface area (Å²) in [6, 6.07) is 8.03. The smallest absolute Gasteiger partial charge is 0.116 e. The van der Waals surface area contributed by atoms with Gasteiger partial charge in [0.2, 0.25) is 0 Å². The van der Waals surface area contributed by atoms with Gasteiger partial charge in [0.15, 0.2) is 0 Å². The van der Waals surface area contributed by atoms with Gasteiger partial charge in [-0.2, -0.15) is 0 Å². The van der Waals surface area contributed by atoms with Gasteiger partial charge < -0.3 is 20.5 Å². The number of aliphatic hydroxyl groups excluding tert-OH is 1. The summed E-state index contributed by atoms with van der Waals surface area (Å²) < 4.78 is 5.60. The molecular formula is C17H24N2O2. The molecule has 0 saturated heterocycles. The zero-order chi connectivity index (χ0) is 15.1. The number of hydrogen-bond acceptors (Lipinski definition) is 4. The number of allylic oxidation sites excluding steroid dienone is 3. The molecule has 0 aliphatic heterocycles. The maximum absolute atomic E-state index is 10.1. The predicted octanol–water partition coefficient (Wildman–Crippen LogP) is 2.19. The van der Waals surface area contributed by atoms with Crippen molar-refractivity contribution in [2.45, 2.75) is 25.5 Å². The van der Waals surface area contributed by atoms with Gasteiger partial charge >= 0.3 is 0 Å². The van der Waals surface area contributed by atoms with E-state index in [1.807, 2.05) is 42.3 Å². The quantitative estimate of drug-likeness (QED) is 0.807. The van der Waals surface area contributed by atoms with E-state index in [1.165, 1.54) is 0 Å². The van der Waals surface area contributed by atoms with E-state index in [-0.39, 0.29) is 0 Å². The number of nitrogens with zero attached hydrogens (tertiary/aromatic N) is 1. The lowest BCUT2D eigenvalue weighted by Gasteiger charge is -2.23. The van der Waals surface area contributed by atoms with E-state index in [1.54, 1.807) is 0 Å². The zero-order valence-corrected chi connectivity index (χ0v) is 12.5. The van der Waals surface area contributed by atoms with Crippen molar-refractivity contribution in [1.29, 1.82) is 0 Å². The molecule has 0 bridgehead atoms. The van der Waals surface area contributed by atoms with Gasteiger partial charge in [0.05, 0.1) is 0 Å². The lowest BCUT2D eigenvalue weighted by Crippen LogP contribution is -2.32. The fraction of sp³-hybridized carbons (Fsp3) is 0.412. The predicted molar refractivity (Wildman–Crippen MR) is 86.0 cm³/mol. The van der Waals surface area contributed by atoms with Gasteiger partial charge in [0.25, 0.3) is 0 Å². The topological polar surface area (TPSA) is 58.7 Å². The van der Waals surface area contributed by atoms with Crippen LogP contribution in [0.2, 0.25) is 0 Å². The normalized spacial score (nSPS) is 15.5. The molecule has 0 heterocycles. The molecule has 1 aliphatic carbocycles. The van der Waals surface area contributed by atoms with E-state index < -0.39 is 6.10 Å². The van der Waals surface area contributed by atoms with Crippen molar-refractivity contribution in [3.05, 3.63) is 53.8 Å². The van der Waals surface area contributed by atoms with Crippen LogP contribution in [-0.2, 0) is 11.3 Å². The molecule has 1 atom stereocenters. The molecular weight excluding hydrogens is 264 g/mol. The van der Waals surface area contributed by atoms with Crippen molar-refractivity contribution in [3.63, 3.8) is 0 Å². The van der Waals surface area contributed by atoms with Crippen LogP contribution in [0.1, 0.15) is 18.4 Å². The number of aliphatic hydroxyl groups is 1. The summed E-state index contributed by atoms with van der Waals surface area (Å²) >= 11 is 0. The molecule has 0 amide bonds. The van der Waals surface area contributed by atoms with Crippen LogP contribution in [0.4, 0.5) is 5.69 Å². The fourth-order valence-electron chi connectivity index (χ4n) is 2.28. The SMILES string of the molecule is CN(CC(O)COC1=CCCC=C1)c1cccc(CN)c1. The first-order valence-electron chi connectivity index (χ1n) is 7.36. The number of nitrogens with two attached hydrogens (primary N) is 1. The van der Waals surface area contributed by atoms with Crippen molar-refractivity contribution in [3.8, 4) is 0 Å². The summed E-state index contributed by atoms with van der Waals surface area (Å²) in [5.74, 6) is 0.855. The Balaban J connectivity index is 1.82. The number of ether oxygens (including phenoxy) is 1. The molecule has 0 saturated carbocycles. The van der Waals surface area contributed by atoms with E-state index in [4.69, 9.17) is 10.5 Å². The Hall–Kier alpha value is -1.78. The first kappa shape index (κ1) is 15.6. The second-order valence-corrected chi connectivity index (χ2v) is 5.31. The van der Waals surface area contributed by atoms with Crippen molar-refractivity contribution >= 4 is 5.69 Å². The molecule has 4 heteroatoms. The summed E-state index contributed by atoms with van der Waals surface area (Å²) in [7, 11) is 1.96. The van der Waals surface area contributed by atoms with Gasteiger partial charge in [-0.25, -0.2) is 0 Å². The van der Waals surface area contributed by atoms with Crippen LogP contribution in [0, 0.1) is 0 Å². The van der Waals surface area contributed by atoms with Crippen LogP contribution < -0.4 is 10.6 Å². The molecule has 1 aliphatic rings. The number of anilines is 1. The molecule has 114 valence electrons. The minimum Gasteiger partial charge on any atom is -0.491 e. The highest BCUT2D eigenvalue weighted by Gasteiger charge is 2.11. The Morgan fingerprint density at radius 1 is 1.38 bits per heavy atom. The molecule has 0 fully saturated rings. The third-order valence-corrected chi connectivity index (χ3v) is 3.48. The summed E-state index contributed by atoms with van der Waals surface area (Å²) in [6.45, 7) is 1.34. The van der Waals surface area contributed by atoms with Gasteiger partial charge in [0, 0.05) is 25.8 Å². The molecule has 21 heavy (non-hydrogen) atoms. The Bertz CT molecular complexity index is 511. The lowest BCUT2D eigenvalue weighted by atomic mass is 10.2. The van der Waals surface area contributed by atoms with E-state index in [0.29, 0.717) is 19.7 Å². The third-order valence-electron chi connectivity index (χ3n) is 3.48.